The summed E-state index contributed by atoms with van der Waals surface area (Å²) in [5.41, 5.74) is 2.39. The molecule has 2 aromatic rings. The molecule has 0 aliphatic rings. The van der Waals surface area contributed by atoms with Gasteiger partial charge in [0, 0.05) is 12.1 Å². The second-order valence-corrected chi connectivity index (χ2v) is 5.20. The van der Waals surface area contributed by atoms with Crippen molar-refractivity contribution < 1.29 is 0 Å². The van der Waals surface area contributed by atoms with Crippen LogP contribution in [0.15, 0.2) is 60.7 Å². The summed E-state index contributed by atoms with van der Waals surface area (Å²) in [4.78, 5) is 0. The number of hydrogen-bond acceptors (Lipinski definition) is 1. The standard InChI is InChI=1S/C20H23N/c1-2-3-14-20(16-15-18-10-6-4-7-11-18)21-17-19-12-8-5-9-13-19/h4-13,20-21H,2-3,14,17H2,1H3/t20-/m0/s1. The highest BCUT2D eigenvalue weighted by Gasteiger charge is 2.03. The Labute approximate surface area is 128 Å². The first kappa shape index (κ1) is 15.4. The van der Waals surface area contributed by atoms with Gasteiger partial charge in [0.15, 0.2) is 0 Å². The highest BCUT2D eigenvalue weighted by Crippen LogP contribution is 2.04. The van der Waals surface area contributed by atoms with E-state index in [0.29, 0.717) is 0 Å². The van der Waals surface area contributed by atoms with Gasteiger partial charge in [-0.3, -0.25) is 5.32 Å². The Morgan fingerprint density at radius 3 is 2.29 bits per heavy atom. The topological polar surface area (TPSA) is 12.0 Å². The maximum Gasteiger partial charge on any atom is 0.0695 e. The van der Waals surface area contributed by atoms with Gasteiger partial charge in [-0.15, -0.1) is 0 Å². The summed E-state index contributed by atoms with van der Waals surface area (Å²) in [6.07, 6.45) is 3.51. The molecular weight excluding hydrogens is 254 g/mol. The number of rotatable bonds is 6. The van der Waals surface area contributed by atoms with Crippen LogP contribution >= 0.6 is 0 Å². The molecule has 0 saturated carbocycles. The van der Waals surface area contributed by atoms with Gasteiger partial charge in [0.2, 0.25) is 0 Å². The predicted molar refractivity (Wildman–Crippen MR) is 89.9 cm³/mol. The van der Waals surface area contributed by atoms with Crippen molar-refractivity contribution in [2.75, 3.05) is 0 Å². The van der Waals surface area contributed by atoms with Crippen molar-refractivity contribution >= 4 is 0 Å². The van der Waals surface area contributed by atoms with Crippen molar-refractivity contribution in [3.8, 4) is 11.8 Å². The van der Waals surface area contributed by atoms with Crippen LogP contribution < -0.4 is 5.32 Å². The lowest BCUT2D eigenvalue weighted by Crippen LogP contribution is -2.27. The van der Waals surface area contributed by atoms with Crippen molar-refractivity contribution in [3.05, 3.63) is 71.8 Å². The summed E-state index contributed by atoms with van der Waals surface area (Å²) in [6.45, 7) is 3.09. The highest BCUT2D eigenvalue weighted by molar-refractivity contribution is 5.34. The van der Waals surface area contributed by atoms with E-state index in [0.717, 1.165) is 18.5 Å². The van der Waals surface area contributed by atoms with Crippen LogP contribution in [0, 0.1) is 11.8 Å². The molecular formula is C20H23N. The van der Waals surface area contributed by atoms with Crippen LogP contribution in [-0.4, -0.2) is 6.04 Å². The fourth-order valence-electron chi connectivity index (χ4n) is 2.16. The Bertz CT molecular complexity index is 563. The number of nitrogens with one attached hydrogen (secondary N) is 1. The molecule has 2 rings (SSSR count). The summed E-state index contributed by atoms with van der Waals surface area (Å²) in [5, 5.41) is 3.57. The zero-order valence-electron chi connectivity index (χ0n) is 12.7. The van der Waals surface area contributed by atoms with Gasteiger partial charge < -0.3 is 0 Å². The normalized spacial score (nSPS) is 11.5. The molecule has 0 radical (unpaired) electrons. The quantitative estimate of drug-likeness (QED) is 0.772. The van der Waals surface area contributed by atoms with Crippen LogP contribution in [0.4, 0.5) is 0 Å². The fourth-order valence-corrected chi connectivity index (χ4v) is 2.16. The summed E-state index contributed by atoms with van der Waals surface area (Å²) >= 11 is 0. The van der Waals surface area contributed by atoms with E-state index in [-0.39, 0.29) is 6.04 Å². The fraction of sp³-hybridized carbons (Fsp3) is 0.300. The van der Waals surface area contributed by atoms with E-state index < -0.39 is 0 Å². The SMILES string of the molecule is CCCC[C@@H](C#Cc1ccccc1)NCc1ccccc1. The van der Waals surface area contributed by atoms with Crippen molar-refractivity contribution in [2.24, 2.45) is 0 Å². The van der Waals surface area contributed by atoms with Gasteiger partial charge >= 0.3 is 0 Å². The van der Waals surface area contributed by atoms with Gasteiger partial charge in [-0.05, 0) is 24.1 Å². The lowest BCUT2D eigenvalue weighted by Gasteiger charge is -2.12. The summed E-state index contributed by atoms with van der Waals surface area (Å²) in [6, 6.07) is 20.9. The van der Waals surface area contributed by atoms with Gasteiger partial charge in [-0.25, -0.2) is 0 Å². The summed E-state index contributed by atoms with van der Waals surface area (Å²) in [5.74, 6) is 6.66. The molecule has 0 spiro atoms. The molecule has 0 amide bonds. The van der Waals surface area contributed by atoms with E-state index in [1.54, 1.807) is 0 Å². The van der Waals surface area contributed by atoms with Crippen LogP contribution in [-0.2, 0) is 6.54 Å². The van der Waals surface area contributed by atoms with Crippen molar-refractivity contribution in [3.63, 3.8) is 0 Å². The summed E-state index contributed by atoms with van der Waals surface area (Å²) < 4.78 is 0. The minimum atomic E-state index is 0.255. The van der Waals surface area contributed by atoms with E-state index in [4.69, 9.17) is 0 Å². The molecule has 0 fully saturated rings. The Balaban J connectivity index is 1.96. The molecule has 0 saturated heterocycles. The lowest BCUT2D eigenvalue weighted by molar-refractivity contribution is 0.545. The molecule has 0 aliphatic heterocycles. The average molecular weight is 277 g/mol. The van der Waals surface area contributed by atoms with Crippen molar-refractivity contribution in [1.29, 1.82) is 0 Å². The van der Waals surface area contributed by atoms with Gasteiger partial charge in [-0.2, -0.15) is 0 Å². The third-order valence-corrected chi connectivity index (χ3v) is 3.41. The first-order chi connectivity index (χ1) is 10.4. The Kier molecular flexibility index (Phi) is 6.58. The molecule has 0 aliphatic carbocycles. The van der Waals surface area contributed by atoms with Gasteiger partial charge in [-0.1, -0.05) is 80.1 Å². The van der Waals surface area contributed by atoms with E-state index in [1.807, 2.05) is 24.3 Å². The Hall–Kier alpha value is -2.04. The minimum Gasteiger partial charge on any atom is -0.300 e. The molecule has 1 nitrogen and oxygen atoms in total. The van der Waals surface area contributed by atoms with Crippen LogP contribution in [0.25, 0.3) is 0 Å². The Morgan fingerprint density at radius 2 is 1.62 bits per heavy atom. The number of benzene rings is 2. The summed E-state index contributed by atoms with van der Waals surface area (Å²) in [7, 11) is 0. The highest BCUT2D eigenvalue weighted by atomic mass is 14.9. The van der Waals surface area contributed by atoms with E-state index in [2.05, 4.69) is 60.5 Å². The molecule has 0 bridgehead atoms. The van der Waals surface area contributed by atoms with E-state index in [9.17, 15) is 0 Å². The average Bonchev–Trinajstić information content (AvgIpc) is 2.56. The molecule has 0 unspecified atom stereocenters. The smallest absolute Gasteiger partial charge is 0.0695 e. The molecule has 2 aromatic carbocycles. The second-order valence-electron chi connectivity index (χ2n) is 5.20. The molecule has 1 N–H and O–H groups in total. The van der Waals surface area contributed by atoms with Crippen LogP contribution in [0.1, 0.15) is 37.3 Å². The maximum absolute atomic E-state index is 3.57. The van der Waals surface area contributed by atoms with Crippen molar-refractivity contribution in [1.82, 2.24) is 5.32 Å². The molecule has 0 heterocycles. The van der Waals surface area contributed by atoms with Crippen LogP contribution in [0.2, 0.25) is 0 Å². The Morgan fingerprint density at radius 1 is 0.952 bits per heavy atom. The van der Waals surface area contributed by atoms with Gasteiger partial charge in [0.25, 0.3) is 0 Å². The maximum atomic E-state index is 3.57. The minimum absolute atomic E-state index is 0.255. The molecule has 1 heteroatoms. The van der Waals surface area contributed by atoms with Gasteiger partial charge in [0.05, 0.1) is 6.04 Å². The third-order valence-electron chi connectivity index (χ3n) is 3.41. The molecule has 1 atom stereocenters. The number of unbranched alkanes of at least 4 members (excludes halogenated alkanes) is 1. The third kappa shape index (κ3) is 5.85. The zero-order chi connectivity index (χ0) is 14.8. The largest absolute Gasteiger partial charge is 0.300 e. The van der Waals surface area contributed by atoms with Gasteiger partial charge in [0.1, 0.15) is 0 Å². The second kappa shape index (κ2) is 9.00. The van der Waals surface area contributed by atoms with E-state index >= 15 is 0 Å². The monoisotopic (exact) mass is 277 g/mol. The lowest BCUT2D eigenvalue weighted by atomic mass is 10.1. The predicted octanol–water partition coefficient (Wildman–Crippen LogP) is 4.39. The van der Waals surface area contributed by atoms with E-state index in [1.165, 1.54) is 18.4 Å². The number of hydrogen-bond donors (Lipinski definition) is 1. The van der Waals surface area contributed by atoms with Crippen molar-refractivity contribution in [2.45, 2.75) is 38.8 Å². The molecule has 0 aromatic heterocycles. The first-order valence-corrected chi connectivity index (χ1v) is 7.72. The first-order valence-electron chi connectivity index (χ1n) is 7.72. The molecule has 108 valence electrons. The van der Waals surface area contributed by atoms with Crippen LogP contribution in [0.3, 0.4) is 0 Å². The molecule has 21 heavy (non-hydrogen) atoms. The zero-order valence-corrected chi connectivity index (χ0v) is 12.7. The van der Waals surface area contributed by atoms with Crippen LogP contribution in [0.5, 0.6) is 0 Å².